The molecule has 0 spiro atoms. The number of rotatable bonds is 5. The van der Waals surface area contributed by atoms with Gasteiger partial charge >= 0.3 is 0 Å². The number of hydrogen-bond acceptors (Lipinski definition) is 5. The van der Waals surface area contributed by atoms with Crippen LogP contribution in [0.5, 0.6) is 11.5 Å². The Labute approximate surface area is 139 Å². The van der Waals surface area contributed by atoms with E-state index in [0.717, 1.165) is 6.42 Å². The molecule has 0 unspecified atom stereocenters. The number of ether oxygens (including phenoxy) is 2. The summed E-state index contributed by atoms with van der Waals surface area (Å²) < 4.78 is 10.8. The second-order valence-corrected chi connectivity index (χ2v) is 5.26. The number of anilines is 2. The highest BCUT2D eigenvalue weighted by atomic mass is 16.5. The topological polar surface area (TPSA) is 89.6 Å². The highest BCUT2D eigenvalue weighted by molar-refractivity contribution is 6.05. The van der Waals surface area contributed by atoms with Gasteiger partial charge in [-0.25, -0.2) is 0 Å². The van der Waals surface area contributed by atoms with Crippen molar-refractivity contribution < 1.29 is 19.1 Å². The highest BCUT2D eigenvalue weighted by Gasteiger charge is 2.18. The summed E-state index contributed by atoms with van der Waals surface area (Å²) in [5, 5.41) is 5.45. The summed E-state index contributed by atoms with van der Waals surface area (Å²) in [5.74, 6) is 0.564. The second kappa shape index (κ2) is 6.99. The maximum atomic E-state index is 12.4. The fourth-order valence-corrected chi connectivity index (χ4v) is 2.21. The van der Waals surface area contributed by atoms with Gasteiger partial charge in [0.15, 0.2) is 6.61 Å². The zero-order valence-electron chi connectivity index (χ0n) is 13.2. The number of benzene rings is 1. The lowest BCUT2D eigenvalue weighted by atomic mass is 10.1. The van der Waals surface area contributed by atoms with Crippen LogP contribution in [0.2, 0.25) is 0 Å². The van der Waals surface area contributed by atoms with Gasteiger partial charge in [0.25, 0.3) is 11.8 Å². The Balaban J connectivity index is 1.72. The summed E-state index contributed by atoms with van der Waals surface area (Å²) in [4.78, 5) is 27.7. The van der Waals surface area contributed by atoms with Gasteiger partial charge in [0.2, 0.25) is 0 Å². The molecule has 0 fully saturated rings. The van der Waals surface area contributed by atoms with Gasteiger partial charge in [-0.2, -0.15) is 0 Å². The van der Waals surface area contributed by atoms with E-state index in [-0.39, 0.29) is 18.4 Å². The number of carbonyl (C=O) groups excluding carboxylic acids is 2. The molecule has 7 heteroatoms. The number of pyridine rings is 1. The number of amides is 2. The van der Waals surface area contributed by atoms with E-state index in [1.807, 2.05) is 6.92 Å². The lowest BCUT2D eigenvalue weighted by Gasteiger charge is -2.18. The molecule has 24 heavy (non-hydrogen) atoms. The quantitative estimate of drug-likeness (QED) is 0.880. The molecule has 7 nitrogen and oxygen atoms in total. The number of nitrogens with one attached hydrogen (secondary N) is 2. The van der Waals surface area contributed by atoms with Crippen LogP contribution in [-0.2, 0) is 4.79 Å². The van der Waals surface area contributed by atoms with Crippen molar-refractivity contribution in [1.29, 1.82) is 0 Å². The van der Waals surface area contributed by atoms with E-state index in [0.29, 0.717) is 35.0 Å². The third-order valence-electron chi connectivity index (χ3n) is 3.32. The van der Waals surface area contributed by atoms with Crippen LogP contribution in [0.4, 0.5) is 11.4 Å². The minimum atomic E-state index is -0.298. The number of nitrogens with zero attached hydrogens (tertiary/aromatic N) is 1. The first-order valence-electron chi connectivity index (χ1n) is 7.61. The first-order chi connectivity index (χ1) is 11.7. The van der Waals surface area contributed by atoms with Crippen molar-refractivity contribution in [2.24, 2.45) is 0 Å². The lowest BCUT2D eigenvalue weighted by Crippen LogP contribution is -2.25. The molecule has 0 saturated heterocycles. The molecule has 2 N–H and O–H groups in total. The third kappa shape index (κ3) is 3.62. The van der Waals surface area contributed by atoms with Crippen molar-refractivity contribution in [2.75, 3.05) is 23.8 Å². The second-order valence-electron chi connectivity index (χ2n) is 5.26. The van der Waals surface area contributed by atoms with Crippen molar-refractivity contribution >= 4 is 23.2 Å². The highest BCUT2D eigenvalue weighted by Crippen LogP contribution is 2.29. The Bertz CT molecular complexity index is 776. The molecule has 3 rings (SSSR count). The van der Waals surface area contributed by atoms with E-state index >= 15 is 0 Å². The van der Waals surface area contributed by atoms with E-state index in [9.17, 15) is 9.59 Å². The molecule has 1 aliphatic rings. The molecule has 1 aromatic heterocycles. The molecule has 0 saturated carbocycles. The molecule has 1 aliphatic heterocycles. The molecule has 0 aliphatic carbocycles. The van der Waals surface area contributed by atoms with Crippen LogP contribution in [0.25, 0.3) is 0 Å². The Hall–Kier alpha value is -3.09. The Kier molecular flexibility index (Phi) is 4.60. The minimum absolute atomic E-state index is 0.0567. The molecule has 124 valence electrons. The van der Waals surface area contributed by atoms with Crippen molar-refractivity contribution in [2.45, 2.75) is 13.3 Å². The Morgan fingerprint density at radius 2 is 2.25 bits per heavy atom. The minimum Gasteiger partial charge on any atom is -0.492 e. The van der Waals surface area contributed by atoms with Crippen LogP contribution in [0.15, 0.2) is 36.7 Å². The monoisotopic (exact) mass is 327 g/mol. The Morgan fingerprint density at radius 3 is 3.08 bits per heavy atom. The van der Waals surface area contributed by atoms with E-state index in [1.165, 1.54) is 0 Å². The van der Waals surface area contributed by atoms with Crippen molar-refractivity contribution in [3.05, 3.63) is 42.2 Å². The van der Waals surface area contributed by atoms with Gasteiger partial charge in [-0.3, -0.25) is 14.6 Å². The van der Waals surface area contributed by atoms with Gasteiger partial charge in [-0.1, -0.05) is 6.92 Å². The molecule has 2 aromatic rings. The summed E-state index contributed by atoms with van der Waals surface area (Å²) in [6.45, 7) is 2.55. The molecule has 0 atom stereocenters. The van der Waals surface area contributed by atoms with E-state index in [2.05, 4.69) is 15.6 Å². The van der Waals surface area contributed by atoms with Gasteiger partial charge in [0.1, 0.15) is 11.5 Å². The fraction of sp³-hybridized carbons (Fsp3) is 0.235. The molecular weight excluding hydrogens is 310 g/mol. The molecular formula is C17H17N3O4. The molecule has 0 bridgehead atoms. The molecule has 2 heterocycles. The van der Waals surface area contributed by atoms with Gasteiger partial charge in [-0.15, -0.1) is 0 Å². The zero-order valence-corrected chi connectivity index (χ0v) is 13.2. The van der Waals surface area contributed by atoms with Crippen molar-refractivity contribution in [3.63, 3.8) is 0 Å². The normalized spacial score (nSPS) is 12.6. The summed E-state index contributed by atoms with van der Waals surface area (Å²) >= 11 is 0. The zero-order chi connectivity index (χ0) is 16.9. The largest absolute Gasteiger partial charge is 0.492 e. The van der Waals surface area contributed by atoms with Crippen LogP contribution < -0.4 is 20.1 Å². The first-order valence-corrected chi connectivity index (χ1v) is 7.61. The van der Waals surface area contributed by atoms with E-state index < -0.39 is 0 Å². The van der Waals surface area contributed by atoms with Crippen LogP contribution >= 0.6 is 0 Å². The Morgan fingerprint density at radius 1 is 1.38 bits per heavy atom. The van der Waals surface area contributed by atoms with Crippen LogP contribution in [0.1, 0.15) is 23.7 Å². The first kappa shape index (κ1) is 15.8. The van der Waals surface area contributed by atoms with E-state index in [4.69, 9.17) is 9.47 Å². The van der Waals surface area contributed by atoms with Gasteiger partial charge < -0.3 is 20.1 Å². The number of fused-ring (bicyclic) bond motifs is 1. The van der Waals surface area contributed by atoms with Crippen molar-refractivity contribution in [1.82, 2.24) is 4.98 Å². The van der Waals surface area contributed by atoms with Crippen molar-refractivity contribution in [3.8, 4) is 11.5 Å². The van der Waals surface area contributed by atoms with Crippen LogP contribution in [0, 0.1) is 0 Å². The summed E-state index contributed by atoms with van der Waals surface area (Å²) in [7, 11) is 0. The lowest BCUT2D eigenvalue weighted by molar-refractivity contribution is -0.118. The maximum Gasteiger partial charge on any atom is 0.262 e. The number of hydrogen-bond donors (Lipinski definition) is 2. The standard InChI is InChI=1S/C17H17N3O4/c1-2-5-23-13-7-12(8-18-9-13)19-17(22)11-3-4-14-15(6-11)24-10-16(21)20-14/h3-4,6-9H,2,5,10H2,1H3,(H,19,22)(H,20,21). The predicted molar refractivity (Wildman–Crippen MR) is 88.5 cm³/mol. The molecule has 1 aromatic carbocycles. The summed E-state index contributed by atoms with van der Waals surface area (Å²) in [6.07, 6.45) is 4.04. The summed E-state index contributed by atoms with van der Waals surface area (Å²) in [6, 6.07) is 6.57. The average Bonchev–Trinajstić information content (AvgIpc) is 2.59. The maximum absolute atomic E-state index is 12.4. The number of carbonyl (C=O) groups is 2. The smallest absolute Gasteiger partial charge is 0.262 e. The molecule has 2 amide bonds. The van der Waals surface area contributed by atoms with Gasteiger partial charge in [0.05, 0.1) is 30.4 Å². The van der Waals surface area contributed by atoms with Gasteiger partial charge in [0, 0.05) is 11.6 Å². The van der Waals surface area contributed by atoms with Crippen LogP contribution in [-0.4, -0.2) is 30.0 Å². The number of aromatic nitrogens is 1. The summed E-state index contributed by atoms with van der Waals surface area (Å²) in [5.41, 5.74) is 1.52. The van der Waals surface area contributed by atoms with Crippen LogP contribution in [0.3, 0.4) is 0 Å². The van der Waals surface area contributed by atoms with E-state index in [1.54, 1.807) is 36.7 Å². The predicted octanol–water partition coefficient (Wildman–Crippen LogP) is 2.45. The fourth-order valence-electron chi connectivity index (χ4n) is 2.21. The average molecular weight is 327 g/mol. The van der Waals surface area contributed by atoms with Gasteiger partial charge in [-0.05, 0) is 24.6 Å². The molecule has 0 radical (unpaired) electrons. The SMILES string of the molecule is CCCOc1cncc(NC(=O)c2ccc3c(c2)OCC(=O)N3)c1. The third-order valence-corrected chi connectivity index (χ3v) is 3.32.